The monoisotopic (exact) mass is 507 g/mol. The molecule has 0 unspecified atom stereocenters. The van der Waals surface area contributed by atoms with Crippen LogP contribution < -0.4 is 9.47 Å². The lowest BCUT2D eigenvalue weighted by molar-refractivity contribution is 0.0123. The van der Waals surface area contributed by atoms with Crippen molar-refractivity contribution in [3.63, 3.8) is 0 Å². The number of carbonyl (C=O) groups is 1. The SMILES string of the molecule is CC(C)(C)OC(=O)N1CCC(Oc2cc(Oc3ccc(C4COS(=O)(=O)OC4)cc3)ncn2)CC1. The summed E-state index contributed by atoms with van der Waals surface area (Å²) >= 11 is 0. The molecular formula is C23H29N3O8S. The molecule has 0 bridgehead atoms. The van der Waals surface area contributed by atoms with Crippen LogP contribution in [0.1, 0.15) is 45.1 Å². The third-order valence-corrected chi connectivity index (χ3v) is 6.25. The Bertz CT molecular complexity index is 1110. The van der Waals surface area contributed by atoms with Crippen LogP contribution in [-0.2, 0) is 23.5 Å². The number of hydrogen-bond acceptors (Lipinski definition) is 10. The Morgan fingerprint density at radius 3 is 2.29 bits per heavy atom. The summed E-state index contributed by atoms with van der Waals surface area (Å²) in [4.78, 5) is 22.2. The number of amides is 1. The Morgan fingerprint density at radius 2 is 1.66 bits per heavy atom. The van der Waals surface area contributed by atoms with Crippen molar-refractivity contribution in [2.45, 2.75) is 51.2 Å². The summed E-state index contributed by atoms with van der Waals surface area (Å²) in [6.07, 6.45) is 2.30. The summed E-state index contributed by atoms with van der Waals surface area (Å²) in [7, 11) is -3.87. The van der Waals surface area contributed by atoms with Crippen LogP contribution in [0.3, 0.4) is 0 Å². The summed E-state index contributed by atoms with van der Waals surface area (Å²) < 4.78 is 49.1. The van der Waals surface area contributed by atoms with Gasteiger partial charge in [0.05, 0.1) is 19.3 Å². The van der Waals surface area contributed by atoms with E-state index in [0.29, 0.717) is 43.4 Å². The van der Waals surface area contributed by atoms with Crippen molar-refractivity contribution in [3.8, 4) is 17.5 Å². The van der Waals surface area contributed by atoms with E-state index in [4.69, 9.17) is 22.6 Å². The van der Waals surface area contributed by atoms with E-state index >= 15 is 0 Å². The summed E-state index contributed by atoms with van der Waals surface area (Å²) in [5.41, 5.74) is 0.348. The number of nitrogens with zero attached hydrogens (tertiary/aromatic N) is 3. The summed E-state index contributed by atoms with van der Waals surface area (Å²) in [5.74, 6) is 1.08. The van der Waals surface area contributed by atoms with Gasteiger partial charge >= 0.3 is 16.5 Å². The zero-order valence-corrected chi connectivity index (χ0v) is 20.7. The first kappa shape index (κ1) is 25.1. The fourth-order valence-electron chi connectivity index (χ4n) is 3.63. The summed E-state index contributed by atoms with van der Waals surface area (Å²) in [5, 5.41) is 0. The third kappa shape index (κ3) is 7.26. The number of rotatable bonds is 5. The molecule has 12 heteroatoms. The fraction of sp³-hybridized carbons (Fsp3) is 0.522. The van der Waals surface area contributed by atoms with Gasteiger partial charge < -0.3 is 19.1 Å². The van der Waals surface area contributed by atoms with Gasteiger partial charge in [0.2, 0.25) is 11.8 Å². The first-order chi connectivity index (χ1) is 16.6. The molecule has 0 saturated carbocycles. The Kier molecular flexibility index (Phi) is 7.43. The number of aromatic nitrogens is 2. The van der Waals surface area contributed by atoms with E-state index in [1.54, 1.807) is 23.1 Å². The maximum atomic E-state index is 12.2. The Hall–Kier alpha value is -2.96. The average Bonchev–Trinajstić information content (AvgIpc) is 2.79. The quantitative estimate of drug-likeness (QED) is 0.594. The summed E-state index contributed by atoms with van der Waals surface area (Å²) in [6.45, 7) is 6.70. The lowest BCUT2D eigenvalue weighted by Crippen LogP contribution is -2.44. The molecule has 0 spiro atoms. The molecule has 3 heterocycles. The van der Waals surface area contributed by atoms with Gasteiger partial charge in [-0.05, 0) is 38.5 Å². The van der Waals surface area contributed by atoms with Gasteiger partial charge in [-0.1, -0.05) is 12.1 Å². The average molecular weight is 508 g/mol. The molecule has 0 N–H and O–H groups in total. The van der Waals surface area contributed by atoms with Gasteiger partial charge in [0.1, 0.15) is 23.8 Å². The molecule has 1 aromatic carbocycles. The van der Waals surface area contributed by atoms with Crippen LogP contribution in [0.4, 0.5) is 4.79 Å². The topological polar surface area (TPSA) is 126 Å². The first-order valence-electron chi connectivity index (χ1n) is 11.3. The van der Waals surface area contributed by atoms with Gasteiger partial charge in [-0.2, -0.15) is 8.42 Å². The van der Waals surface area contributed by atoms with Crippen LogP contribution in [0.5, 0.6) is 17.5 Å². The van der Waals surface area contributed by atoms with Gasteiger partial charge in [-0.25, -0.2) is 23.1 Å². The van der Waals surface area contributed by atoms with Crippen LogP contribution >= 0.6 is 0 Å². The van der Waals surface area contributed by atoms with E-state index in [0.717, 1.165) is 5.56 Å². The maximum Gasteiger partial charge on any atom is 0.410 e. The molecule has 0 aliphatic carbocycles. The van der Waals surface area contributed by atoms with Crippen molar-refractivity contribution in [3.05, 3.63) is 42.2 Å². The highest BCUT2D eigenvalue weighted by Crippen LogP contribution is 2.28. The number of hydrogen-bond donors (Lipinski definition) is 0. The van der Waals surface area contributed by atoms with Crippen LogP contribution in [0, 0.1) is 0 Å². The summed E-state index contributed by atoms with van der Waals surface area (Å²) in [6, 6.07) is 8.77. The predicted molar refractivity (Wildman–Crippen MR) is 124 cm³/mol. The first-order valence-corrected chi connectivity index (χ1v) is 12.7. The third-order valence-electron chi connectivity index (χ3n) is 5.40. The zero-order valence-electron chi connectivity index (χ0n) is 19.9. The molecule has 2 aliphatic rings. The van der Waals surface area contributed by atoms with E-state index in [9.17, 15) is 13.2 Å². The lowest BCUT2D eigenvalue weighted by Gasteiger charge is -2.33. The Morgan fingerprint density at radius 1 is 1.03 bits per heavy atom. The van der Waals surface area contributed by atoms with Gasteiger partial charge in [-0.3, -0.25) is 0 Å². The molecule has 2 aliphatic heterocycles. The van der Waals surface area contributed by atoms with Gasteiger partial charge in [0.15, 0.2) is 0 Å². The molecule has 11 nitrogen and oxygen atoms in total. The highest BCUT2D eigenvalue weighted by Gasteiger charge is 2.28. The number of benzene rings is 1. The molecule has 2 aromatic rings. The fourth-order valence-corrected chi connectivity index (χ4v) is 4.36. The van der Waals surface area contributed by atoms with Crippen LogP contribution in [-0.4, -0.2) is 67.4 Å². The van der Waals surface area contributed by atoms with E-state index < -0.39 is 16.0 Å². The molecule has 35 heavy (non-hydrogen) atoms. The molecule has 190 valence electrons. The smallest absolute Gasteiger partial charge is 0.410 e. The number of carbonyl (C=O) groups excluding carboxylic acids is 1. The second kappa shape index (κ2) is 10.3. The maximum absolute atomic E-state index is 12.2. The minimum absolute atomic E-state index is 0.0336. The molecule has 2 saturated heterocycles. The highest BCUT2D eigenvalue weighted by molar-refractivity contribution is 7.81. The van der Waals surface area contributed by atoms with Crippen molar-refractivity contribution in [2.24, 2.45) is 0 Å². The van der Waals surface area contributed by atoms with E-state index in [-0.39, 0.29) is 31.3 Å². The van der Waals surface area contributed by atoms with Crippen molar-refractivity contribution >= 4 is 16.5 Å². The second-order valence-electron chi connectivity index (χ2n) is 9.32. The molecule has 0 atom stereocenters. The number of ether oxygens (including phenoxy) is 3. The number of piperidine rings is 1. The normalized spacial score (nSPS) is 19.2. The van der Waals surface area contributed by atoms with Gasteiger partial charge in [-0.15, -0.1) is 0 Å². The molecule has 2 fully saturated rings. The van der Waals surface area contributed by atoms with Crippen LogP contribution in [0.15, 0.2) is 36.7 Å². The molecule has 0 radical (unpaired) electrons. The Labute approximate surface area is 204 Å². The van der Waals surface area contributed by atoms with Crippen LogP contribution in [0.2, 0.25) is 0 Å². The minimum Gasteiger partial charge on any atom is -0.474 e. The second-order valence-corrected chi connectivity index (χ2v) is 10.6. The number of likely N-dealkylation sites (tertiary alicyclic amines) is 1. The molecular weight excluding hydrogens is 478 g/mol. The lowest BCUT2D eigenvalue weighted by atomic mass is 10.0. The largest absolute Gasteiger partial charge is 0.474 e. The van der Waals surface area contributed by atoms with Gasteiger partial charge in [0, 0.05) is 31.8 Å². The van der Waals surface area contributed by atoms with E-state index in [2.05, 4.69) is 9.97 Å². The Balaban J connectivity index is 1.28. The van der Waals surface area contributed by atoms with E-state index in [1.165, 1.54) is 6.33 Å². The molecule has 1 aromatic heterocycles. The van der Waals surface area contributed by atoms with Gasteiger partial charge in [0.25, 0.3) is 0 Å². The van der Waals surface area contributed by atoms with Crippen molar-refractivity contribution < 1.29 is 35.8 Å². The minimum atomic E-state index is -3.87. The van der Waals surface area contributed by atoms with E-state index in [1.807, 2.05) is 32.9 Å². The molecule has 1 amide bonds. The van der Waals surface area contributed by atoms with Crippen molar-refractivity contribution in [2.75, 3.05) is 26.3 Å². The molecule has 4 rings (SSSR count). The van der Waals surface area contributed by atoms with Crippen molar-refractivity contribution in [1.82, 2.24) is 14.9 Å². The van der Waals surface area contributed by atoms with Crippen molar-refractivity contribution in [1.29, 1.82) is 0 Å². The highest BCUT2D eigenvalue weighted by atomic mass is 32.3. The standard InChI is InChI=1S/C23H29N3O8S/c1-23(2,3)34-22(27)26-10-8-19(9-11-26)33-21-12-20(24-15-25-21)32-18-6-4-16(5-7-18)17-13-30-35(28,29)31-14-17/h4-7,12,15,17,19H,8-11,13-14H2,1-3H3. The predicted octanol–water partition coefficient (Wildman–Crippen LogP) is 3.42. The van der Waals surface area contributed by atoms with Crippen LogP contribution in [0.25, 0.3) is 0 Å². The zero-order chi connectivity index (χ0) is 25.1.